The van der Waals surface area contributed by atoms with Gasteiger partial charge in [0.1, 0.15) is 5.82 Å². The molecule has 0 bridgehead atoms. The topological polar surface area (TPSA) is 38.8 Å². The SMILES string of the molecule is CBc1cc(C(=O)N2CCN(c3ccc(F)cc3)CC2)cc(N2CCNCC2)c1. The lowest BCUT2D eigenvalue weighted by Gasteiger charge is -2.36. The van der Waals surface area contributed by atoms with Gasteiger partial charge in [0, 0.05) is 69.3 Å². The second-order valence-corrected chi connectivity index (χ2v) is 7.73. The largest absolute Gasteiger partial charge is 0.369 e. The van der Waals surface area contributed by atoms with Crippen molar-refractivity contribution in [3.63, 3.8) is 0 Å². The molecule has 0 radical (unpaired) electrons. The molecule has 152 valence electrons. The second-order valence-electron chi connectivity index (χ2n) is 7.73. The van der Waals surface area contributed by atoms with E-state index in [1.807, 2.05) is 11.0 Å². The Morgan fingerprint density at radius 1 is 0.897 bits per heavy atom. The molecule has 0 unspecified atom stereocenters. The highest BCUT2D eigenvalue weighted by atomic mass is 19.1. The number of benzene rings is 2. The van der Waals surface area contributed by atoms with Crippen molar-refractivity contribution >= 4 is 30.0 Å². The molecule has 2 aromatic carbocycles. The van der Waals surface area contributed by atoms with Crippen LogP contribution in [0, 0.1) is 5.82 Å². The van der Waals surface area contributed by atoms with E-state index >= 15 is 0 Å². The molecule has 2 aromatic rings. The predicted octanol–water partition coefficient (Wildman–Crippen LogP) is 1.31. The lowest BCUT2D eigenvalue weighted by molar-refractivity contribution is 0.0747. The lowest BCUT2D eigenvalue weighted by Crippen LogP contribution is -2.49. The number of piperazine rings is 2. The number of nitrogens with one attached hydrogen (secondary N) is 1. The maximum atomic E-state index is 13.2. The van der Waals surface area contributed by atoms with E-state index in [4.69, 9.17) is 0 Å². The molecule has 0 spiro atoms. The van der Waals surface area contributed by atoms with Crippen molar-refractivity contribution in [3.05, 3.63) is 53.8 Å². The predicted molar refractivity (Wildman–Crippen MR) is 119 cm³/mol. The first-order valence-electron chi connectivity index (χ1n) is 10.5. The zero-order chi connectivity index (χ0) is 20.2. The van der Waals surface area contributed by atoms with Gasteiger partial charge < -0.3 is 20.0 Å². The Hall–Kier alpha value is -2.54. The van der Waals surface area contributed by atoms with Crippen molar-refractivity contribution < 1.29 is 9.18 Å². The zero-order valence-corrected chi connectivity index (χ0v) is 17.0. The van der Waals surface area contributed by atoms with Gasteiger partial charge >= 0.3 is 0 Å². The second kappa shape index (κ2) is 8.86. The van der Waals surface area contributed by atoms with E-state index in [2.05, 4.69) is 34.1 Å². The number of hydrogen-bond donors (Lipinski definition) is 1. The smallest absolute Gasteiger partial charge is 0.254 e. The van der Waals surface area contributed by atoms with Crippen LogP contribution in [0.2, 0.25) is 6.82 Å². The number of carbonyl (C=O) groups excluding carboxylic acids is 1. The summed E-state index contributed by atoms with van der Waals surface area (Å²) in [5, 5.41) is 3.38. The van der Waals surface area contributed by atoms with Gasteiger partial charge in [0.25, 0.3) is 5.91 Å². The van der Waals surface area contributed by atoms with E-state index in [9.17, 15) is 9.18 Å². The monoisotopic (exact) mass is 394 g/mol. The Bertz CT molecular complexity index is 846. The lowest BCUT2D eigenvalue weighted by atomic mass is 9.72. The molecule has 4 rings (SSSR count). The molecular formula is C22H28BFN4O. The third-order valence-electron chi connectivity index (χ3n) is 5.87. The molecule has 0 aromatic heterocycles. The molecule has 2 fully saturated rings. The number of carbonyl (C=O) groups is 1. The van der Waals surface area contributed by atoms with Crippen LogP contribution in [0.1, 0.15) is 10.4 Å². The summed E-state index contributed by atoms with van der Waals surface area (Å²) >= 11 is 0. The Morgan fingerprint density at radius 2 is 1.55 bits per heavy atom. The van der Waals surface area contributed by atoms with Crippen LogP contribution < -0.4 is 20.6 Å². The molecule has 29 heavy (non-hydrogen) atoms. The molecule has 0 aliphatic carbocycles. The first kappa shape index (κ1) is 19.8. The van der Waals surface area contributed by atoms with E-state index in [1.54, 1.807) is 12.1 Å². The van der Waals surface area contributed by atoms with E-state index in [-0.39, 0.29) is 11.7 Å². The van der Waals surface area contributed by atoms with E-state index in [1.165, 1.54) is 17.6 Å². The number of hydrogen-bond acceptors (Lipinski definition) is 4. The molecule has 7 heteroatoms. The van der Waals surface area contributed by atoms with Crippen LogP contribution >= 0.6 is 0 Å². The highest BCUT2D eigenvalue weighted by Gasteiger charge is 2.23. The molecule has 0 saturated carbocycles. The average molecular weight is 394 g/mol. The highest BCUT2D eigenvalue weighted by molar-refractivity contribution is 6.52. The van der Waals surface area contributed by atoms with Gasteiger partial charge in [-0.15, -0.1) is 0 Å². The number of anilines is 2. The summed E-state index contributed by atoms with van der Waals surface area (Å²) in [6.45, 7) is 8.90. The minimum atomic E-state index is -0.223. The van der Waals surface area contributed by atoms with Crippen molar-refractivity contribution in [2.75, 3.05) is 62.2 Å². The summed E-state index contributed by atoms with van der Waals surface area (Å²) in [5.74, 6) is -0.117. The van der Waals surface area contributed by atoms with Crippen molar-refractivity contribution in [1.29, 1.82) is 0 Å². The fourth-order valence-corrected chi connectivity index (χ4v) is 4.11. The summed E-state index contributed by atoms with van der Waals surface area (Å²) in [5.41, 5.74) is 4.15. The zero-order valence-electron chi connectivity index (χ0n) is 17.0. The standard InChI is InChI=1S/C22H28BFN4O/c1-23-18-14-17(15-21(16-18)26-8-6-25-7-9-26)22(29)28-12-10-27(11-13-28)20-4-2-19(24)3-5-20/h2-5,14-16,23,25H,6-13H2,1H3. The first-order valence-corrected chi connectivity index (χ1v) is 10.5. The van der Waals surface area contributed by atoms with Gasteiger partial charge in [0.2, 0.25) is 0 Å². The number of nitrogens with zero attached hydrogens (tertiary/aromatic N) is 3. The fourth-order valence-electron chi connectivity index (χ4n) is 4.11. The summed E-state index contributed by atoms with van der Waals surface area (Å²) in [6.07, 6.45) is 0. The van der Waals surface area contributed by atoms with E-state index < -0.39 is 0 Å². The van der Waals surface area contributed by atoms with Crippen molar-refractivity contribution in [3.8, 4) is 0 Å². The van der Waals surface area contributed by atoms with Crippen LogP contribution in [0.3, 0.4) is 0 Å². The van der Waals surface area contributed by atoms with Gasteiger partial charge in [-0.2, -0.15) is 0 Å². The third kappa shape index (κ3) is 4.56. The molecule has 1 amide bonds. The normalized spacial score (nSPS) is 17.4. The third-order valence-corrected chi connectivity index (χ3v) is 5.87. The fraction of sp³-hybridized carbons (Fsp3) is 0.409. The minimum absolute atomic E-state index is 0.107. The van der Waals surface area contributed by atoms with Gasteiger partial charge in [0.15, 0.2) is 7.28 Å². The Labute approximate surface area is 172 Å². The van der Waals surface area contributed by atoms with Crippen molar-refractivity contribution in [2.45, 2.75) is 6.82 Å². The Morgan fingerprint density at radius 3 is 2.21 bits per heavy atom. The summed E-state index contributed by atoms with van der Waals surface area (Å²) in [4.78, 5) is 19.7. The van der Waals surface area contributed by atoms with Crippen molar-refractivity contribution in [1.82, 2.24) is 10.2 Å². The Balaban J connectivity index is 1.46. The molecule has 2 aliphatic heterocycles. The maximum absolute atomic E-state index is 13.2. The molecule has 1 N–H and O–H groups in total. The van der Waals surface area contributed by atoms with Crippen LogP contribution in [0.5, 0.6) is 0 Å². The van der Waals surface area contributed by atoms with Crippen molar-refractivity contribution in [2.24, 2.45) is 0 Å². The van der Waals surface area contributed by atoms with E-state index in [0.29, 0.717) is 13.1 Å². The number of halogens is 1. The molecule has 2 heterocycles. The number of amides is 1. The van der Waals surface area contributed by atoms with Crippen LogP contribution in [-0.4, -0.2) is 70.4 Å². The van der Waals surface area contributed by atoms with Crippen LogP contribution in [0.25, 0.3) is 0 Å². The molecule has 5 nitrogen and oxygen atoms in total. The minimum Gasteiger partial charge on any atom is -0.369 e. The Kier molecular flexibility index (Phi) is 6.04. The van der Waals surface area contributed by atoms with Crippen LogP contribution in [-0.2, 0) is 0 Å². The van der Waals surface area contributed by atoms with Gasteiger partial charge in [-0.1, -0.05) is 18.4 Å². The first-order chi connectivity index (χ1) is 14.1. The van der Waals surface area contributed by atoms with E-state index in [0.717, 1.165) is 63.5 Å². The summed E-state index contributed by atoms with van der Waals surface area (Å²) in [6, 6.07) is 12.9. The molecule has 2 saturated heterocycles. The highest BCUT2D eigenvalue weighted by Crippen LogP contribution is 2.20. The van der Waals surface area contributed by atoms with Gasteiger partial charge in [0.05, 0.1) is 0 Å². The summed E-state index contributed by atoms with van der Waals surface area (Å²) < 4.78 is 13.2. The number of rotatable bonds is 4. The van der Waals surface area contributed by atoms with Gasteiger partial charge in [-0.25, -0.2) is 4.39 Å². The molecule has 2 aliphatic rings. The van der Waals surface area contributed by atoms with Gasteiger partial charge in [-0.05, 0) is 36.4 Å². The summed E-state index contributed by atoms with van der Waals surface area (Å²) in [7, 11) is 0.915. The molecular weight excluding hydrogens is 366 g/mol. The van der Waals surface area contributed by atoms with Crippen LogP contribution in [0.15, 0.2) is 42.5 Å². The quantitative estimate of drug-likeness (QED) is 0.794. The maximum Gasteiger partial charge on any atom is 0.254 e. The average Bonchev–Trinajstić information content (AvgIpc) is 2.79. The van der Waals surface area contributed by atoms with Gasteiger partial charge in [-0.3, -0.25) is 4.79 Å². The molecule has 0 atom stereocenters. The van der Waals surface area contributed by atoms with Crippen LogP contribution in [0.4, 0.5) is 15.8 Å².